The van der Waals surface area contributed by atoms with Gasteiger partial charge in [0.1, 0.15) is 0 Å². The molecule has 5 heteroatoms. The van der Waals surface area contributed by atoms with Gasteiger partial charge in [0.15, 0.2) is 0 Å². The first-order valence-electron chi connectivity index (χ1n) is 6.13. The number of aliphatic hydroxyl groups excluding tert-OH is 1. The standard InChI is InChI=1S/C13H19N3O2/c1-9-2-3-11(12(6-9)15-14)13(18)16-5-4-10(7-16)8-17/h2-3,6,10,15,17H,4-5,7-8,14H2,1H3. The molecule has 1 aliphatic rings. The van der Waals surface area contributed by atoms with Crippen molar-refractivity contribution in [2.75, 3.05) is 25.1 Å². The zero-order chi connectivity index (χ0) is 13.1. The van der Waals surface area contributed by atoms with E-state index in [1.165, 1.54) is 0 Å². The molecule has 1 saturated heterocycles. The van der Waals surface area contributed by atoms with Crippen molar-refractivity contribution in [3.8, 4) is 0 Å². The Morgan fingerprint density at radius 1 is 1.61 bits per heavy atom. The maximum Gasteiger partial charge on any atom is 0.256 e. The fourth-order valence-electron chi connectivity index (χ4n) is 2.30. The Balaban J connectivity index is 2.19. The van der Waals surface area contributed by atoms with Crippen LogP contribution in [0.2, 0.25) is 0 Å². The van der Waals surface area contributed by atoms with Crippen LogP contribution in [0.25, 0.3) is 0 Å². The third-order valence-electron chi connectivity index (χ3n) is 3.39. The smallest absolute Gasteiger partial charge is 0.256 e. The number of aliphatic hydroxyl groups is 1. The average molecular weight is 249 g/mol. The minimum atomic E-state index is -0.0288. The van der Waals surface area contributed by atoms with Crippen molar-refractivity contribution in [3.05, 3.63) is 29.3 Å². The first-order valence-corrected chi connectivity index (χ1v) is 6.13. The number of nitrogens with two attached hydrogens (primary N) is 1. The van der Waals surface area contributed by atoms with E-state index < -0.39 is 0 Å². The van der Waals surface area contributed by atoms with Crippen LogP contribution in [0.3, 0.4) is 0 Å². The molecule has 1 aliphatic heterocycles. The Morgan fingerprint density at radius 3 is 3.00 bits per heavy atom. The molecule has 1 fully saturated rings. The lowest BCUT2D eigenvalue weighted by Crippen LogP contribution is -2.30. The first kappa shape index (κ1) is 12.9. The molecule has 0 spiro atoms. The molecule has 4 N–H and O–H groups in total. The maximum absolute atomic E-state index is 12.3. The van der Waals surface area contributed by atoms with E-state index >= 15 is 0 Å². The molecule has 5 nitrogen and oxygen atoms in total. The minimum absolute atomic E-state index is 0.0288. The SMILES string of the molecule is Cc1ccc(C(=O)N2CCC(CO)C2)c(NN)c1. The molecular weight excluding hydrogens is 230 g/mol. The molecule has 1 aromatic rings. The summed E-state index contributed by atoms with van der Waals surface area (Å²) in [7, 11) is 0. The van der Waals surface area contributed by atoms with Gasteiger partial charge in [0.25, 0.3) is 5.91 Å². The van der Waals surface area contributed by atoms with Crippen LogP contribution in [-0.2, 0) is 0 Å². The molecule has 1 atom stereocenters. The summed E-state index contributed by atoms with van der Waals surface area (Å²) in [6.45, 7) is 3.40. The Kier molecular flexibility index (Phi) is 3.84. The molecule has 1 heterocycles. The second kappa shape index (κ2) is 5.37. The Morgan fingerprint density at radius 2 is 2.39 bits per heavy atom. The molecule has 18 heavy (non-hydrogen) atoms. The van der Waals surface area contributed by atoms with Gasteiger partial charge in [-0.05, 0) is 31.0 Å². The van der Waals surface area contributed by atoms with Crippen molar-refractivity contribution < 1.29 is 9.90 Å². The lowest BCUT2D eigenvalue weighted by Gasteiger charge is -2.18. The number of carbonyl (C=O) groups excluding carboxylic acids is 1. The van der Waals surface area contributed by atoms with Gasteiger partial charge in [-0.25, -0.2) is 0 Å². The highest BCUT2D eigenvalue weighted by Crippen LogP contribution is 2.22. The van der Waals surface area contributed by atoms with Crippen molar-refractivity contribution in [2.45, 2.75) is 13.3 Å². The van der Waals surface area contributed by atoms with Crippen LogP contribution in [-0.4, -0.2) is 35.6 Å². The number of carbonyl (C=O) groups is 1. The number of nitrogens with one attached hydrogen (secondary N) is 1. The number of amides is 1. The number of nitrogen functional groups attached to an aromatic ring is 1. The fourth-order valence-corrected chi connectivity index (χ4v) is 2.30. The maximum atomic E-state index is 12.3. The van der Waals surface area contributed by atoms with Gasteiger partial charge in [0, 0.05) is 25.6 Å². The summed E-state index contributed by atoms with van der Waals surface area (Å²) in [5.74, 6) is 5.62. The third kappa shape index (κ3) is 2.47. The Bertz CT molecular complexity index is 448. The highest BCUT2D eigenvalue weighted by molar-refractivity contribution is 5.99. The lowest BCUT2D eigenvalue weighted by atomic mass is 10.1. The quantitative estimate of drug-likeness (QED) is 0.545. The lowest BCUT2D eigenvalue weighted by molar-refractivity contribution is 0.0783. The molecule has 0 saturated carbocycles. The molecule has 1 unspecified atom stereocenters. The van der Waals surface area contributed by atoms with E-state index in [1.807, 2.05) is 19.1 Å². The summed E-state index contributed by atoms with van der Waals surface area (Å²) < 4.78 is 0. The first-order chi connectivity index (χ1) is 8.65. The van der Waals surface area contributed by atoms with Crippen LogP contribution in [0.5, 0.6) is 0 Å². The predicted octanol–water partition coefficient (Wildman–Crippen LogP) is 0.735. The summed E-state index contributed by atoms with van der Waals surface area (Å²) in [5, 5.41) is 9.10. The summed E-state index contributed by atoms with van der Waals surface area (Å²) in [4.78, 5) is 14.1. The summed E-state index contributed by atoms with van der Waals surface area (Å²) in [6, 6.07) is 5.54. The zero-order valence-electron chi connectivity index (χ0n) is 10.5. The number of aryl methyl sites for hydroxylation is 1. The van der Waals surface area contributed by atoms with Gasteiger partial charge in [-0.2, -0.15) is 0 Å². The number of nitrogens with zero attached hydrogens (tertiary/aromatic N) is 1. The van der Waals surface area contributed by atoms with Gasteiger partial charge in [-0.3, -0.25) is 10.6 Å². The van der Waals surface area contributed by atoms with E-state index in [1.54, 1.807) is 11.0 Å². The molecule has 1 amide bonds. The molecule has 98 valence electrons. The summed E-state index contributed by atoms with van der Waals surface area (Å²) in [6.07, 6.45) is 0.861. The van der Waals surface area contributed by atoms with Crippen molar-refractivity contribution in [1.29, 1.82) is 0 Å². The number of likely N-dealkylation sites (tertiary alicyclic amines) is 1. The number of rotatable bonds is 3. The number of benzene rings is 1. The van der Waals surface area contributed by atoms with E-state index in [9.17, 15) is 4.79 Å². The molecule has 0 aromatic heterocycles. The van der Waals surface area contributed by atoms with Gasteiger partial charge in [0.2, 0.25) is 0 Å². The fraction of sp³-hybridized carbons (Fsp3) is 0.462. The van der Waals surface area contributed by atoms with Crippen LogP contribution in [0.15, 0.2) is 18.2 Å². The van der Waals surface area contributed by atoms with Crippen LogP contribution >= 0.6 is 0 Å². The Hall–Kier alpha value is -1.59. The minimum Gasteiger partial charge on any atom is -0.396 e. The number of hydrazine groups is 1. The number of hydrogen-bond donors (Lipinski definition) is 3. The van der Waals surface area contributed by atoms with Crippen LogP contribution < -0.4 is 11.3 Å². The van der Waals surface area contributed by atoms with Crippen molar-refractivity contribution in [2.24, 2.45) is 11.8 Å². The summed E-state index contributed by atoms with van der Waals surface area (Å²) in [5.41, 5.74) is 4.85. The van der Waals surface area contributed by atoms with E-state index in [2.05, 4.69) is 5.43 Å². The highest BCUT2D eigenvalue weighted by Gasteiger charge is 2.27. The van der Waals surface area contributed by atoms with Gasteiger partial charge in [-0.15, -0.1) is 0 Å². The molecule has 1 aromatic carbocycles. The largest absolute Gasteiger partial charge is 0.396 e. The van der Waals surface area contributed by atoms with Gasteiger partial charge < -0.3 is 15.4 Å². The van der Waals surface area contributed by atoms with Crippen LogP contribution in [0.1, 0.15) is 22.3 Å². The zero-order valence-corrected chi connectivity index (χ0v) is 10.5. The van der Waals surface area contributed by atoms with E-state index in [-0.39, 0.29) is 18.4 Å². The predicted molar refractivity (Wildman–Crippen MR) is 70.1 cm³/mol. The molecule has 0 radical (unpaired) electrons. The number of hydrogen-bond acceptors (Lipinski definition) is 4. The average Bonchev–Trinajstić information content (AvgIpc) is 2.86. The van der Waals surface area contributed by atoms with E-state index in [0.717, 1.165) is 12.0 Å². The monoisotopic (exact) mass is 249 g/mol. The van der Waals surface area contributed by atoms with Crippen LogP contribution in [0.4, 0.5) is 5.69 Å². The summed E-state index contributed by atoms with van der Waals surface area (Å²) >= 11 is 0. The van der Waals surface area contributed by atoms with E-state index in [4.69, 9.17) is 10.9 Å². The molecule has 0 bridgehead atoms. The van der Waals surface area contributed by atoms with Crippen molar-refractivity contribution in [1.82, 2.24) is 4.90 Å². The van der Waals surface area contributed by atoms with Gasteiger partial charge in [-0.1, -0.05) is 6.07 Å². The van der Waals surface area contributed by atoms with Gasteiger partial charge in [0.05, 0.1) is 11.3 Å². The third-order valence-corrected chi connectivity index (χ3v) is 3.39. The topological polar surface area (TPSA) is 78.6 Å². The van der Waals surface area contributed by atoms with Crippen molar-refractivity contribution in [3.63, 3.8) is 0 Å². The Labute approximate surface area is 107 Å². The normalized spacial score (nSPS) is 19.1. The van der Waals surface area contributed by atoms with Gasteiger partial charge >= 0.3 is 0 Å². The highest BCUT2D eigenvalue weighted by atomic mass is 16.3. The van der Waals surface area contributed by atoms with Crippen LogP contribution in [0, 0.1) is 12.8 Å². The molecule has 2 rings (SSSR count). The second-order valence-electron chi connectivity index (χ2n) is 4.78. The molecule has 0 aliphatic carbocycles. The van der Waals surface area contributed by atoms with Crippen molar-refractivity contribution >= 4 is 11.6 Å². The van der Waals surface area contributed by atoms with E-state index in [0.29, 0.717) is 24.3 Å². The number of anilines is 1. The second-order valence-corrected chi connectivity index (χ2v) is 4.78. The molecular formula is C13H19N3O2.